The quantitative estimate of drug-likeness (QED) is 0.818. The summed E-state index contributed by atoms with van der Waals surface area (Å²) in [5.74, 6) is 0.409. The van der Waals surface area contributed by atoms with Gasteiger partial charge in [0.25, 0.3) is 0 Å². The van der Waals surface area contributed by atoms with E-state index in [9.17, 15) is 14.7 Å². The number of Topliss-reactive ketones (excluding diaryl/α,β-unsaturated/α-hetero) is 1. The van der Waals surface area contributed by atoms with Crippen molar-refractivity contribution in [2.75, 3.05) is 13.1 Å². The summed E-state index contributed by atoms with van der Waals surface area (Å²) in [6.45, 7) is 1.54. The number of allylic oxidation sites excluding steroid dienone is 2. The van der Waals surface area contributed by atoms with Crippen molar-refractivity contribution in [1.29, 1.82) is 0 Å². The molecule has 0 bridgehead atoms. The van der Waals surface area contributed by atoms with Gasteiger partial charge < -0.3 is 14.7 Å². The minimum absolute atomic E-state index is 0.00982. The summed E-state index contributed by atoms with van der Waals surface area (Å²) in [5, 5.41) is 9.60. The summed E-state index contributed by atoms with van der Waals surface area (Å²) in [4.78, 5) is 26.6. The van der Waals surface area contributed by atoms with Crippen LogP contribution in [0.3, 0.4) is 0 Å². The molecule has 0 aromatic heterocycles. The molecule has 0 spiro atoms. The van der Waals surface area contributed by atoms with Crippen LogP contribution in [0.2, 0.25) is 0 Å². The number of phenols is 1. The molecule has 5 heteroatoms. The lowest BCUT2D eigenvalue weighted by Gasteiger charge is -2.30. The number of benzene rings is 2. The van der Waals surface area contributed by atoms with Crippen molar-refractivity contribution in [3.63, 3.8) is 0 Å². The van der Waals surface area contributed by atoms with E-state index < -0.39 is 0 Å². The third-order valence-corrected chi connectivity index (χ3v) is 5.45. The number of carbonyl (C=O) groups is 2. The Morgan fingerprint density at radius 2 is 1.89 bits per heavy atom. The van der Waals surface area contributed by atoms with Crippen LogP contribution in [0, 0.1) is 5.92 Å². The molecule has 1 N–H and O–H groups in total. The Hall–Kier alpha value is -3.08. The average Bonchev–Trinajstić information content (AvgIpc) is 3.02. The molecule has 5 nitrogen and oxygen atoms in total. The highest BCUT2D eigenvalue weighted by atomic mass is 16.6. The zero-order valence-corrected chi connectivity index (χ0v) is 15.6. The second kappa shape index (κ2) is 7.89. The van der Waals surface area contributed by atoms with Crippen molar-refractivity contribution in [2.45, 2.75) is 25.9 Å². The topological polar surface area (TPSA) is 66.8 Å². The van der Waals surface area contributed by atoms with Gasteiger partial charge in [-0.1, -0.05) is 42.5 Å². The lowest BCUT2D eigenvalue weighted by atomic mass is 9.93. The number of ketones is 1. The largest absolute Gasteiger partial charge is 0.508 e. The number of piperidine rings is 1. The van der Waals surface area contributed by atoms with Crippen molar-refractivity contribution in [2.24, 2.45) is 5.92 Å². The molecule has 1 fully saturated rings. The van der Waals surface area contributed by atoms with E-state index in [-0.39, 0.29) is 30.2 Å². The van der Waals surface area contributed by atoms with E-state index in [2.05, 4.69) is 6.08 Å². The summed E-state index contributed by atoms with van der Waals surface area (Å²) in [5.41, 5.74) is 3.34. The molecule has 4 rings (SSSR count). The molecule has 1 aliphatic carbocycles. The van der Waals surface area contributed by atoms with Crippen LogP contribution in [0.25, 0.3) is 0 Å². The lowest BCUT2D eigenvalue weighted by molar-refractivity contribution is 0.0852. The van der Waals surface area contributed by atoms with Crippen LogP contribution in [0.5, 0.6) is 5.75 Å². The second-order valence-corrected chi connectivity index (χ2v) is 7.40. The van der Waals surface area contributed by atoms with E-state index in [0.717, 1.165) is 29.5 Å². The summed E-state index contributed by atoms with van der Waals surface area (Å²) in [6, 6.07) is 14.6. The maximum atomic E-state index is 12.6. The Morgan fingerprint density at radius 1 is 1.14 bits per heavy atom. The monoisotopic (exact) mass is 377 g/mol. The standard InChI is InChI=1S/C23H23NO4/c25-20-7-6-18-13-19(22(26)21(18)14-20)12-16-8-10-24(11-9-16)23(27)28-15-17-4-2-1-3-5-17/h1-7,12,14,16,25H,8-11,13,15H2/b19-12+. The first-order chi connectivity index (χ1) is 13.6. The second-order valence-electron chi connectivity index (χ2n) is 7.40. The zero-order chi connectivity index (χ0) is 19.5. The van der Waals surface area contributed by atoms with Crippen LogP contribution in [-0.4, -0.2) is 35.0 Å². The molecule has 2 aromatic rings. The molecule has 2 aliphatic rings. The van der Waals surface area contributed by atoms with Gasteiger partial charge in [-0.05, 0) is 42.0 Å². The molecule has 0 atom stereocenters. The van der Waals surface area contributed by atoms with Gasteiger partial charge in [0, 0.05) is 30.6 Å². The van der Waals surface area contributed by atoms with Crippen molar-refractivity contribution in [3.8, 4) is 5.75 Å². The molecule has 0 saturated carbocycles. The fourth-order valence-corrected chi connectivity index (χ4v) is 3.87. The van der Waals surface area contributed by atoms with Crippen LogP contribution >= 0.6 is 0 Å². The van der Waals surface area contributed by atoms with E-state index in [0.29, 0.717) is 25.1 Å². The van der Waals surface area contributed by atoms with Crippen LogP contribution in [0.15, 0.2) is 60.2 Å². The highest BCUT2D eigenvalue weighted by Gasteiger charge is 2.28. The van der Waals surface area contributed by atoms with E-state index in [1.165, 1.54) is 0 Å². The van der Waals surface area contributed by atoms with Gasteiger partial charge in [0.15, 0.2) is 5.78 Å². The molecule has 28 heavy (non-hydrogen) atoms. The molecule has 144 valence electrons. The van der Waals surface area contributed by atoms with Crippen molar-refractivity contribution in [1.82, 2.24) is 4.90 Å². The number of aromatic hydroxyl groups is 1. The highest BCUT2D eigenvalue weighted by Crippen LogP contribution is 2.31. The lowest BCUT2D eigenvalue weighted by Crippen LogP contribution is -2.38. The van der Waals surface area contributed by atoms with Crippen LogP contribution in [0.1, 0.15) is 34.3 Å². The molecule has 0 radical (unpaired) electrons. The molecule has 1 amide bonds. The summed E-state index contributed by atoms with van der Waals surface area (Å²) in [7, 11) is 0. The molecular formula is C23H23NO4. The number of likely N-dealkylation sites (tertiary alicyclic amines) is 1. The predicted octanol–water partition coefficient (Wildman–Crippen LogP) is 4.11. The fourth-order valence-electron chi connectivity index (χ4n) is 3.87. The first-order valence-corrected chi connectivity index (χ1v) is 9.63. The number of fused-ring (bicyclic) bond motifs is 1. The predicted molar refractivity (Wildman–Crippen MR) is 105 cm³/mol. The molecule has 1 heterocycles. The average molecular weight is 377 g/mol. The van der Waals surface area contributed by atoms with Crippen molar-refractivity contribution in [3.05, 3.63) is 76.9 Å². The molecular weight excluding hydrogens is 354 g/mol. The van der Waals surface area contributed by atoms with Gasteiger partial charge in [-0.3, -0.25) is 4.79 Å². The Bertz CT molecular complexity index is 911. The zero-order valence-electron chi connectivity index (χ0n) is 15.6. The maximum Gasteiger partial charge on any atom is 0.410 e. The number of phenolic OH excluding ortho intramolecular Hbond substituents is 1. The van der Waals surface area contributed by atoms with E-state index >= 15 is 0 Å². The third-order valence-electron chi connectivity index (χ3n) is 5.45. The highest BCUT2D eigenvalue weighted by molar-refractivity contribution is 6.13. The summed E-state index contributed by atoms with van der Waals surface area (Å²) in [6.07, 6.45) is 4.03. The van der Waals surface area contributed by atoms with Gasteiger partial charge in [0.05, 0.1) is 0 Å². The van der Waals surface area contributed by atoms with E-state index in [1.807, 2.05) is 36.4 Å². The minimum atomic E-state index is -0.283. The number of ether oxygens (including phenoxy) is 1. The number of rotatable bonds is 3. The van der Waals surface area contributed by atoms with Gasteiger partial charge in [-0.2, -0.15) is 0 Å². The smallest absolute Gasteiger partial charge is 0.410 e. The molecule has 2 aromatic carbocycles. The molecule has 0 unspecified atom stereocenters. The number of amides is 1. The Morgan fingerprint density at radius 3 is 2.64 bits per heavy atom. The van der Waals surface area contributed by atoms with Crippen LogP contribution in [0.4, 0.5) is 4.79 Å². The van der Waals surface area contributed by atoms with Gasteiger partial charge in [0.2, 0.25) is 0 Å². The SMILES string of the molecule is O=C1/C(=C/C2CCN(C(=O)OCc3ccccc3)CC2)Cc2ccc(O)cc21. The summed E-state index contributed by atoms with van der Waals surface area (Å²) >= 11 is 0. The Balaban J connectivity index is 1.30. The van der Waals surface area contributed by atoms with E-state index in [1.54, 1.807) is 17.0 Å². The van der Waals surface area contributed by atoms with Gasteiger partial charge in [-0.15, -0.1) is 0 Å². The van der Waals surface area contributed by atoms with Gasteiger partial charge >= 0.3 is 6.09 Å². The van der Waals surface area contributed by atoms with Gasteiger partial charge in [-0.25, -0.2) is 4.79 Å². The van der Waals surface area contributed by atoms with E-state index in [4.69, 9.17) is 4.74 Å². The molecule has 1 saturated heterocycles. The Kier molecular flexibility index (Phi) is 5.15. The number of hydrogen-bond acceptors (Lipinski definition) is 4. The third kappa shape index (κ3) is 3.93. The number of nitrogens with zero attached hydrogens (tertiary/aromatic N) is 1. The number of carbonyl (C=O) groups excluding carboxylic acids is 2. The van der Waals surface area contributed by atoms with Crippen molar-refractivity contribution >= 4 is 11.9 Å². The van der Waals surface area contributed by atoms with Gasteiger partial charge in [0.1, 0.15) is 12.4 Å². The fraction of sp³-hybridized carbons (Fsp3) is 0.304. The Labute approximate surface area is 164 Å². The minimum Gasteiger partial charge on any atom is -0.508 e. The maximum absolute atomic E-state index is 12.6. The normalized spacial score (nSPS) is 18.4. The van der Waals surface area contributed by atoms with Crippen LogP contribution < -0.4 is 0 Å². The molecule has 1 aliphatic heterocycles. The van der Waals surface area contributed by atoms with Crippen molar-refractivity contribution < 1.29 is 19.4 Å². The first-order valence-electron chi connectivity index (χ1n) is 9.63. The summed E-state index contributed by atoms with van der Waals surface area (Å²) < 4.78 is 5.40. The van der Waals surface area contributed by atoms with Crippen LogP contribution in [-0.2, 0) is 17.8 Å². The number of hydrogen-bond donors (Lipinski definition) is 1. The first kappa shape index (κ1) is 18.3.